The standard InChI is InChI=1S/C18H12Cl2F3N3O4/c1-29-17(28)30-8-12-14(18(21,22)23)25-15-11(6-3-7-26(12)15)24-16(27)13-9(19)4-2-5-10(13)20/h2-7H,8H2,1H3,(H,24,27). The number of rotatable bonds is 4. The van der Waals surface area contributed by atoms with E-state index in [1.807, 2.05) is 0 Å². The van der Waals surface area contributed by atoms with Gasteiger partial charge in [-0.25, -0.2) is 9.78 Å². The minimum Gasteiger partial charge on any atom is -0.438 e. The molecule has 0 radical (unpaired) electrons. The third-order valence-electron chi connectivity index (χ3n) is 3.95. The van der Waals surface area contributed by atoms with Crippen LogP contribution in [-0.4, -0.2) is 28.6 Å². The number of benzene rings is 1. The van der Waals surface area contributed by atoms with Gasteiger partial charge >= 0.3 is 12.3 Å². The summed E-state index contributed by atoms with van der Waals surface area (Å²) in [5, 5.41) is 2.60. The van der Waals surface area contributed by atoms with Gasteiger partial charge < -0.3 is 14.8 Å². The van der Waals surface area contributed by atoms with E-state index in [0.29, 0.717) is 0 Å². The van der Waals surface area contributed by atoms with Crippen molar-refractivity contribution < 1.29 is 32.2 Å². The number of aromatic nitrogens is 2. The summed E-state index contributed by atoms with van der Waals surface area (Å²) in [6, 6.07) is 7.18. The predicted molar refractivity (Wildman–Crippen MR) is 102 cm³/mol. The molecule has 0 saturated heterocycles. The lowest BCUT2D eigenvalue weighted by Crippen LogP contribution is -2.14. The summed E-state index contributed by atoms with van der Waals surface area (Å²) >= 11 is 12.0. The number of hydrogen-bond acceptors (Lipinski definition) is 5. The number of methoxy groups -OCH3 is 1. The summed E-state index contributed by atoms with van der Waals surface area (Å²) in [5.41, 5.74) is -2.02. The zero-order valence-electron chi connectivity index (χ0n) is 15.1. The molecule has 1 N–H and O–H groups in total. The largest absolute Gasteiger partial charge is 0.508 e. The molecule has 0 saturated carbocycles. The fourth-order valence-electron chi connectivity index (χ4n) is 2.66. The van der Waals surface area contributed by atoms with Gasteiger partial charge in [-0.3, -0.25) is 9.20 Å². The molecule has 0 aliphatic heterocycles. The van der Waals surface area contributed by atoms with Gasteiger partial charge in [0.05, 0.1) is 34.1 Å². The van der Waals surface area contributed by atoms with Crippen LogP contribution in [0.4, 0.5) is 23.7 Å². The van der Waals surface area contributed by atoms with E-state index >= 15 is 0 Å². The monoisotopic (exact) mass is 461 g/mol. The molecule has 0 unspecified atom stereocenters. The van der Waals surface area contributed by atoms with E-state index in [1.165, 1.54) is 30.5 Å². The summed E-state index contributed by atoms with van der Waals surface area (Å²) in [6.07, 6.45) is -4.71. The van der Waals surface area contributed by atoms with Crippen molar-refractivity contribution in [2.45, 2.75) is 12.8 Å². The van der Waals surface area contributed by atoms with Crippen LogP contribution in [0.5, 0.6) is 0 Å². The van der Waals surface area contributed by atoms with Crippen molar-refractivity contribution in [3.05, 3.63) is 63.5 Å². The number of halogens is 5. The van der Waals surface area contributed by atoms with Gasteiger partial charge in [-0.1, -0.05) is 29.3 Å². The van der Waals surface area contributed by atoms with Crippen LogP contribution in [0.15, 0.2) is 36.5 Å². The number of alkyl halides is 3. The van der Waals surface area contributed by atoms with Gasteiger partial charge in [-0.05, 0) is 24.3 Å². The molecule has 1 aromatic carbocycles. The number of carbonyl (C=O) groups excluding carboxylic acids is 2. The highest BCUT2D eigenvalue weighted by molar-refractivity contribution is 6.40. The zero-order chi connectivity index (χ0) is 22.1. The Kier molecular flexibility index (Phi) is 6.09. The summed E-state index contributed by atoms with van der Waals surface area (Å²) in [6.45, 7) is -0.754. The Balaban J connectivity index is 2.06. The lowest BCUT2D eigenvalue weighted by molar-refractivity contribution is -0.142. The molecule has 1 amide bonds. The second-order valence-electron chi connectivity index (χ2n) is 5.81. The van der Waals surface area contributed by atoms with Crippen LogP contribution in [0, 0.1) is 0 Å². The van der Waals surface area contributed by atoms with Crippen molar-refractivity contribution >= 4 is 46.6 Å². The second kappa shape index (κ2) is 8.41. The van der Waals surface area contributed by atoms with Gasteiger partial charge in [0.2, 0.25) is 0 Å². The van der Waals surface area contributed by atoms with E-state index in [2.05, 4.69) is 19.8 Å². The molecule has 2 heterocycles. The van der Waals surface area contributed by atoms with Gasteiger partial charge in [0.1, 0.15) is 6.61 Å². The highest BCUT2D eigenvalue weighted by Crippen LogP contribution is 2.34. The average Bonchev–Trinajstić information content (AvgIpc) is 3.06. The first-order valence-electron chi connectivity index (χ1n) is 8.16. The van der Waals surface area contributed by atoms with Gasteiger partial charge in [0.25, 0.3) is 5.91 Å². The fourth-order valence-corrected chi connectivity index (χ4v) is 3.23. The molecule has 0 fully saturated rings. The predicted octanol–water partition coefficient (Wildman–Crippen LogP) is 5.20. The number of amides is 1. The highest BCUT2D eigenvalue weighted by Gasteiger charge is 2.38. The molecular weight excluding hydrogens is 450 g/mol. The number of nitrogens with one attached hydrogen (secondary N) is 1. The molecule has 7 nitrogen and oxygen atoms in total. The molecule has 158 valence electrons. The van der Waals surface area contributed by atoms with Crippen LogP contribution >= 0.6 is 23.2 Å². The van der Waals surface area contributed by atoms with E-state index in [4.69, 9.17) is 23.2 Å². The number of ether oxygens (including phenoxy) is 2. The molecule has 3 aromatic rings. The maximum Gasteiger partial charge on any atom is 0.508 e. The van der Waals surface area contributed by atoms with Crippen LogP contribution in [-0.2, 0) is 22.3 Å². The number of carbonyl (C=O) groups is 2. The minimum absolute atomic E-state index is 0.0340. The molecular formula is C18H12Cl2F3N3O4. The summed E-state index contributed by atoms with van der Waals surface area (Å²) in [4.78, 5) is 27.4. The number of fused-ring (bicyclic) bond motifs is 1. The first-order chi connectivity index (χ1) is 14.1. The molecule has 30 heavy (non-hydrogen) atoms. The van der Waals surface area contributed by atoms with E-state index in [9.17, 15) is 22.8 Å². The van der Waals surface area contributed by atoms with Gasteiger partial charge in [0, 0.05) is 6.20 Å². The third kappa shape index (κ3) is 4.29. The SMILES string of the molecule is COC(=O)OCc1c(C(F)(F)F)nc2c(NC(=O)c3c(Cl)cccc3Cl)cccn12. The van der Waals surface area contributed by atoms with E-state index in [1.54, 1.807) is 6.07 Å². The van der Waals surface area contributed by atoms with Crippen LogP contribution < -0.4 is 5.32 Å². The minimum atomic E-state index is -4.84. The van der Waals surface area contributed by atoms with Crippen molar-refractivity contribution in [3.8, 4) is 0 Å². The molecule has 2 aromatic heterocycles. The Labute approximate surface area is 177 Å². The third-order valence-corrected chi connectivity index (χ3v) is 4.58. The summed E-state index contributed by atoms with van der Waals surface area (Å²) < 4.78 is 50.5. The van der Waals surface area contributed by atoms with E-state index in [0.717, 1.165) is 11.5 Å². The van der Waals surface area contributed by atoms with Gasteiger partial charge in [-0.2, -0.15) is 13.2 Å². The van der Waals surface area contributed by atoms with Crippen LogP contribution in [0.2, 0.25) is 10.0 Å². The van der Waals surface area contributed by atoms with Crippen molar-refractivity contribution in [2.24, 2.45) is 0 Å². The molecule has 0 aliphatic carbocycles. The van der Waals surface area contributed by atoms with Gasteiger partial charge in [-0.15, -0.1) is 0 Å². The Morgan fingerprint density at radius 1 is 1.17 bits per heavy atom. The zero-order valence-corrected chi connectivity index (χ0v) is 16.6. The van der Waals surface area contributed by atoms with E-state index in [-0.39, 0.29) is 26.9 Å². The van der Waals surface area contributed by atoms with E-state index < -0.39 is 36.2 Å². The van der Waals surface area contributed by atoms with Crippen molar-refractivity contribution in [2.75, 3.05) is 12.4 Å². The van der Waals surface area contributed by atoms with Crippen LogP contribution in [0.25, 0.3) is 5.65 Å². The normalized spacial score (nSPS) is 11.4. The fraction of sp³-hybridized carbons (Fsp3) is 0.167. The number of pyridine rings is 1. The lowest BCUT2D eigenvalue weighted by atomic mass is 10.2. The Morgan fingerprint density at radius 2 is 1.83 bits per heavy atom. The van der Waals surface area contributed by atoms with Crippen molar-refractivity contribution in [1.82, 2.24) is 9.38 Å². The quantitative estimate of drug-likeness (QED) is 0.540. The highest BCUT2D eigenvalue weighted by atomic mass is 35.5. The van der Waals surface area contributed by atoms with Crippen molar-refractivity contribution in [3.63, 3.8) is 0 Å². The lowest BCUT2D eigenvalue weighted by Gasteiger charge is -2.10. The topological polar surface area (TPSA) is 81.9 Å². The average molecular weight is 462 g/mol. The molecule has 12 heteroatoms. The molecule has 0 spiro atoms. The summed E-state index contributed by atoms with van der Waals surface area (Å²) in [5.74, 6) is -0.734. The molecule has 0 atom stereocenters. The van der Waals surface area contributed by atoms with Crippen LogP contribution in [0.1, 0.15) is 21.7 Å². The maximum absolute atomic E-state index is 13.5. The first-order valence-corrected chi connectivity index (χ1v) is 8.92. The smallest absolute Gasteiger partial charge is 0.438 e. The first kappa shape index (κ1) is 21.7. The number of hydrogen-bond donors (Lipinski definition) is 1. The van der Waals surface area contributed by atoms with Crippen LogP contribution in [0.3, 0.4) is 0 Å². The summed E-state index contributed by atoms with van der Waals surface area (Å²) in [7, 11) is 1.02. The molecule has 0 bridgehead atoms. The molecule has 3 rings (SSSR count). The molecule has 0 aliphatic rings. The second-order valence-corrected chi connectivity index (χ2v) is 6.63. The Bertz CT molecular complexity index is 1110. The van der Waals surface area contributed by atoms with Gasteiger partial charge in [0.15, 0.2) is 11.3 Å². The maximum atomic E-state index is 13.5. The number of nitrogens with zero attached hydrogens (tertiary/aromatic N) is 2. The number of anilines is 1. The Morgan fingerprint density at radius 3 is 2.43 bits per heavy atom. The van der Waals surface area contributed by atoms with Crippen molar-refractivity contribution in [1.29, 1.82) is 0 Å². The Hall–Kier alpha value is -2.98. The number of imidazole rings is 1.